The molecule has 3 atom stereocenters. The number of hydrogen-bond acceptors (Lipinski definition) is 3. The molecule has 1 heterocycles. The van der Waals surface area contributed by atoms with Crippen molar-refractivity contribution >= 4 is 10.8 Å². The highest BCUT2D eigenvalue weighted by Crippen LogP contribution is 2.09. The highest BCUT2D eigenvalue weighted by Gasteiger charge is 2.14. The summed E-state index contributed by atoms with van der Waals surface area (Å²) in [6, 6.07) is 1.06. The zero-order chi connectivity index (χ0) is 11.1. The summed E-state index contributed by atoms with van der Waals surface area (Å²) in [5, 5.41) is 3.60. The van der Waals surface area contributed by atoms with Crippen LogP contribution in [0.5, 0.6) is 0 Å². The first kappa shape index (κ1) is 13.1. The van der Waals surface area contributed by atoms with Gasteiger partial charge in [0.25, 0.3) is 0 Å². The van der Waals surface area contributed by atoms with E-state index in [2.05, 4.69) is 12.2 Å². The molecule has 90 valence electrons. The third kappa shape index (κ3) is 6.28. The van der Waals surface area contributed by atoms with E-state index in [0.29, 0.717) is 12.1 Å². The zero-order valence-electron chi connectivity index (χ0n) is 9.83. The molecule has 0 radical (unpaired) electrons. The molecule has 1 aliphatic heterocycles. The lowest BCUT2D eigenvalue weighted by atomic mass is 10.1. The van der Waals surface area contributed by atoms with Gasteiger partial charge in [-0.05, 0) is 32.6 Å². The number of nitrogens with one attached hydrogen (secondary N) is 1. The summed E-state index contributed by atoms with van der Waals surface area (Å²) in [5.41, 5.74) is 0. The minimum absolute atomic E-state index is 0.469. The molecule has 1 N–H and O–H groups in total. The Bertz CT molecular complexity index is 191. The summed E-state index contributed by atoms with van der Waals surface area (Å²) in [6.45, 7) is 3.97. The van der Waals surface area contributed by atoms with Gasteiger partial charge in [0.05, 0.1) is 0 Å². The Morgan fingerprint density at radius 1 is 1.47 bits per heavy atom. The molecular formula is C11H23NO2S. The van der Waals surface area contributed by atoms with Gasteiger partial charge in [0, 0.05) is 48.1 Å². The molecule has 1 saturated heterocycles. The number of rotatable bonds is 5. The maximum absolute atomic E-state index is 11.0. The molecule has 0 aromatic rings. The van der Waals surface area contributed by atoms with Crippen LogP contribution in [0.1, 0.15) is 32.6 Å². The Labute approximate surface area is 95.4 Å². The maximum Gasteiger partial charge on any atom is 0.0480 e. The molecule has 0 bridgehead atoms. The van der Waals surface area contributed by atoms with Crippen LogP contribution in [0, 0.1) is 0 Å². The first-order chi connectivity index (χ1) is 7.18. The van der Waals surface area contributed by atoms with E-state index in [0.717, 1.165) is 38.2 Å². The molecule has 0 aromatic carbocycles. The Morgan fingerprint density at radius 3 is 3.00 bits per heavy atom. The Kier molecular flexibility index (Phi) is 6.45. The van der Waals surface area contributed by atoms with Crippen LogP contribution < -0.4 is 5.32 Å². The fourth-order valence-corrected chi connectivity index (χ4v) is 2.58. The summed E-state index contributed by atoms with van der Waals surface area (Å²) in [7, 11) is -0.661. The quantitative estimate of drug-likeness (QED) is 0.778. The fourth-order valence-electron chi connectivity index (χ4n) is 1.90. The van der Waals surface area contributed by atoms with E-state index < -0.39 is 10.8 Å². The smallest absolute Gasteiger partial charge is 0.0480 e. The zero-order valence-corrected chi connectivity index (χ0v) is 10.6. The van der Waals surface area contributed by atoms with E-state index >= 15 is 0 Å². The van der Waals surface area contributed by atoms with Gasteiger partial charge in [-0.1, -0.05) is 0 Å². The second-order valence-electron chi connectivity index (χ2n) is 4.37. The molecule has 1 rings (SSSR count). The van der Waals surface area contributed by atoms with Crippen molar-refractivity contribution in [3.8, 4) is 0 Å². The number of hydrogen-bond donors (Lipinski definition) is 1. The van der Waals surface area contributed by atoms with Crippen LogP contribution in [-0.4, -0.2) is 41.5 Å². The first-order valence-corrected chi connectivity index (χ1v) is 7.55. The lowest BCUT2D eigenvalue weighted by Gasteiger charge is -2.21. The van der Waals surface area contributed by atoms with Gasteiger partial charge in [-0.15, -0.1) is 0 Å². The Balaban J connectivity index is 2.17. The highest BCUT2D eigenvalue weighted by molar-refractivity contribution is 7.84. The Hall–Kier alpha value is 0.0700. The summed E-state index contributed by atoms with van der Waals surface area (Å²) in [4.78, 5) is 0. The highest BCUT2D eigenvalue weighted by atomic mass is 32.2. The average molecular weight is 233 g/mol. The lowest BCUT2D eigenvalue weighted by Crippen LogP contribution is -2.37. The van der Waals surface area contributed by atoms with E-state index in [-0.39, 0.29) is 0 Å². The molecule has 1 aliphatic rings. The third-order valence-electron chi connectivity index (χ3n) is 2.81. The van der Waals surface area contributed by atoms with Crippen LogP contribution in [0.25, 0.3) is 0 Å². The molecule has 0 spiro atoms. The molecular weight excluding hydrogens is 210 g/mol. The minimum atomic E-state index is -0.661. The van der Waals surface area contributed by atoms with Crippen LogP contribution in [0.2, 0.25) is 0 Å². The first-order valence-electron chi connectivity index (χ1n) is 5.82. The van der Waals surface area contributed by atoms with Gasteiger partial charge in [-0.3, -0.25) is 4.21 Å². The SMILES string of the molecule is CC(CCS(C)=O)NC1CCCOCC1. The molecule has 0 saturated carbocycles. The van der Waals surface area contributed by atoms with Gasteiger partial charge < -0.3 is 10.1 Å². The molecule has 3 nitrogen and oxygen atoms in total. The van der Waals surface area contributed by atoms with Crippen molar-refractivity contribution in [2.75, 3.05) is 25.2 Å². The third-order valence-corrected chi connectivity index (χ3v) is 3.62. The van der Waals surface area contributed by atoms with Crippen LogP contribution in [-0.2, 0) is 15.5 Å². The predicted molar refractivity (Wildman–Crippen MR) is 64.6 cm³/mol. The monoisotopic (exact) mass is 233 g/mol. The van der Waals surface area contributed by atoms with Crippen LogP contribution in [0.15, 0.2) is 0 Å². The normalized spacial score (nSPS) is 26.9. The molecule has 3 unspecified atom stereocenters. The largest absolute Gasteiger partial charge is 0.381 e. The lowest BCUT2D eigenvalue weighted by molar-refractivity contribution is 0.142. The van der Waals surface area contributed by atoms with Gasteiger partial charge in [0.15, 0.2) is 0 Å². The van der Waals surface area contributed by atoms with Crippen molar-refractivity contribution < 1.29 is 8.95 Å². The topological polar surface area (TPSA) is 38.3 Å². The molecule has 0 aromatic heterocycles. The fraction of sp³-hybridized carbons (Fsp3) is 1.00. The van der Waals surface area contributed by atoms with Crippen molar-refractivity contribution in [3.63, 3.8) is 0 Å². The summed E-state index contributed by atoms with van der Waals surface area (Å²) in [6.07, 6.45) is 6.25. The standard InChI is InChI=1S/C11H23NO2S/c1-10(6-9-15(2)13)12-11-4-3-7-14-8-5-11/h10-12H,3-9H2,1-2H3. The average Bonchev–Trinajstić information content (AvgIpc) is 2.43. The van der Waals surface area contributed by atoms with E-state index in [9.17, 15) is 4.21 Å². The molecule has 0 aliphatic carbocycles. The van der Waals surface area contributed by atoms with Crippen LogP contribution in [0.3, 0.4) is 0 Å². The van der Waals surface area contributed by atoms with Gasteiger partial charge >= 0.3 is 0 Å². The van der Waals surface area contributed by atoms with Crippen molar-refractivity contribution in [1.29, 1.82) is 0 Å². The van der Waals surface area contributed by atoms with Crippen molar-refractivity contribution in [2.45, 2.75) is 44.7 Å². The Morgan fingerprint density at radius 2 is 2.27 bits per heavy atom. The van der Waals surface area contributed by atoms with E-state index in [1.165, 1.54) is 6.42 Å². The minimum Gasteiger partial charge on any atom is -0.381 e. The summed E-state index contributed by atoms with van der Waals surface area (Å²) < 4.78 is 16.4. The van der Waals surface area contributed by atoms with Crippen molar-refractivity contribution in [3.05, 3.63) is 0 Å². The second kappa shape index (κ2) is 7.36. The number of ether oxygens (including phenoxy) is 1. The van der Waals surface area contributed by atoms with Gasteiger partial charge in [0.2, 0.25) is 0 Å². The summed E-state index contributed by atoms with van der Waals surface area (Å²) >= 11 is 0. The van der Waals surface area contributed by atoms with E-state index in [1.54, 1.807) is 6.26 Å². The molecule has 15 heavy (non-hydrogen) atoms. The predicted octanol–water partition coefficient (Wildman–Crippen LogP) is 1.30. The molecule has 4 heteroatoms. The van der Waals surface area contributed by atoms with Crippen LogP contribution in [0.4, 0.5) is 0 Å². The molecule has 1 fully saturated rings. The second-order valence-corrected chi connectivity index (χ2v) is 5.93. The van der Waals surface area contributed by atoms with Crippen molar-refractivity contribution in [2.24, 2.45) is 0 Å². The molecule has 0 amide bonds. The van der Waals surface area contributed by atoms with E-state index in [1.807, 2.05) is 0 Å². The van der Waals surface area contributed by atoms with Crippen LogP contribution >= 0.6 is 0 Å². The van der Waals surface area contributed by atoms with Gasteiger partial charge in [-0.25, -0.2) is 0 Å². The maximum atomic E-state index is 11.0. The van der Waals surface area contributed by atoms with Gasteiger partial charge in [-0.2, -0.15) is 0 Å². The summed E-state index contributed by atoms with van der Waals surface area (Å²) in [5.74, 6) is 0.803. The van der Waals surface area contributed by atoms with E-state index in [4.69, 9.17) is 4.74 Å². The van der Waals surface area contributed by atoms with Crippen molar-refractivity contribution in [1.82, 2.24) is 5.32 Å². The van der Waals surface area contributed by atoms with Gasteiger partial charge in [0.1, 0.15) is 0 Å².